The van der Waals surface area contributed by atoms with E-state index in [0.29, 0.717) is 11.5 Å². The highest BCUT2D eigenvalue weighted by Crippen LogP contribution is 2.26. The lowest BCUT2D eigenvalue weighted by Gasteiger charge is -2.09. The molecule has 2 aromatic rings. The van der Waals surface area contributed by atoms with Crippen LogP contribution in [0.15, 0.2) is 33.6 Å². The van der Waals surface area contributed by atoms with Gasteiger partial charge < -0.3 is 14.9 Å². The van der Waals surface area contributed by atoms with E-state index in [1.165, 1.54) is 32.2 Å². The Labute approximate surface area is 121 Å². The number of benzene rings is 1. The van der Waals surface area contributed by atoms with E-state index in [2.05, 4.69) is 4.72 Å². The summed E-state index contributed by atoms with van der Waals surface area (Å²) in [5, 5.41) is 0. The predicted octanol–water partition coefficient (Wildman–Crippen LogP) is 2.00. The summed E-state index contributed by atoms with van der Waals surface area (Å²) >= 11 is 0. The van der Waals surface area contributed by atoms with Crippen LogP contribution in [0.4, 0.5) is 10.1 Å². The van der Waals surface area contributed by atoms with Gasteiger partial charge in [-0.05, 0) is 19.1 Å². The maximum atomic E-state index is 13.7. The Morgan fingerprint density at radius 1 is 1.38 bits per heavy atom. The number of anilines is 1. The average Bonchev–Trinajstić information content (AvgIpc) is 2.83. The fraction of sp³-hybridized carbons (Fsp3) is 0.231. The Kier molecular flexibility index (Phi) is 4.19. The fourth-order valence-corrected chi connectivity index (χ4v) is 3.06. The van der Waals surface area contributed by atoms with E-state index < -0.39 is 15.8 Å². The average molecular weight is 314 g/mol. The third-order valence-corrected chi connectivity index (χ3v) is 4.30. The summed E-state index contributed by atoms with van der Waals surface area (Å²) in [5.41, 5.74) is 5.20. The Bertz CT molecular complexity index is 756. The van der Waals surface area contributed by atoms with Crippen LogP contribution in [-0.4, -0.2) is 15.5 Å². The minimum absolute atomic E-state index is 0.0733. The fourth-order valence-electron chi connectivity index (χ4n) is 1.80. The Morgan fingerprint density at radius 3 is 2.67 bits per heavy atom. The van der Waals surface area contributed by atoms with Crippen molar-refractivity contribution in [3.8, 4) is 5.75 Å². The van der Waals surface area contributed by atoms with Gasteiger partial charge in [0.15, 0.2) is 0 Å². The molecule has 3 N–H and O–H groups in total. The van der Waals surface area contributed by atoms with Crippen LogP contribution < -0.4 is 15.2 Å². The topological polar surface area (TPSA) is 94.6 Å². The first-order valence-corrected chi connectivity index (χ1v) is 7.51. The SMILES string of the molecule is COc1ccc(F)c(NS(=O)(=O)c2cc(CN)oc2C)c1. The van der Waals surface area contributed by atoms with Gasteiger partial charge >= 0.3 is 0 Å². The zero-order valence-corrected chi connectivity index (χ0v) is 12.3. The van der Waals surface area contributed by atoms with Gasteiger partial charge in [-0.25, -0.2) is 12.8 Å². The molecule has 0 radical (unpaired) electrons. The standard InChI is InChI=1S/C13H15FN2O4S/c1-8-13(6-10(7-15)20-8)21(17,18)16-12-5-9(19-2)3-4-11(12)14/h3-6,16H,7,15H2,1-2H3. The number of aryl methyl sites for hydroxylation is 1. The zero-order valence-electron chi connectivity index (χ0n) is 11.5. The van der Waals surface area contributed by atoms with Gasteiger partial charge in [-0.3, -0.25) is 4.72 Å². The smallest absolute Gasteiger partial charge is 0.265 e. The predicted molar refractivity (Wildman–Crippen MR) is 75.1 cm³/mol. The lowest BCUT2D eigenvalue weighted by Crippen LogP contribution is -2.14. The number of methoxy groups -OCH3 is 1. The third-order valence-electron chi connectivity index (χ3n) is 2.83. The van der Waals surface area contributed by atoms with Crippen molar-refractivity contribution < 1.29 is 22.0 Å². The summed E-state index contributed by atoms with van der Waals surface area (Å²) in [5.74, 6) is 0.144. The van der Waals surface area contributed by atoms with E-state index >= 15 is 0 Å². The summed E-state index contributed by atoms with van der Waals surface area (Å²) in [6, 6.07) is 5.08. The molecule has 0 aliphatic carbocycles. The Morgan fingerprint density at radius 2 is 2.10 bits per heavy atom. The van der Waals surface area contributed by atoms with Crippen LogP contribution >= 0.6 is 0 Å². The molecular weight excluding hydrogens is 299 g/mol. The van der Waals surface area contributed by atoms with Gasteiger partial charge in [-0.2, -0.15) is 0 Å². The summed E-state index contributed by atoms with van der Waals surface area (Å²) in [4.78, 5) is -0.0785. The van der Waals surface area contributed by atoms with E-state index in [-0.39, 0.29) is 22.9 Å². The number of nitrogens with two attached hydrogens (primary N) is 1. The van der Waals surface area contributed by atoms with Crippen LogP contribution in [0.1, 0.15) is 11.5 Å². The minimum atomic E-state index is -3.98. The molecule has 0 bridgehead atoms. The maximum Gasteiger partial charge on any atom is 0.265 e. The normalized spacial score (nSPS) is 11.4. The molecule has 0 unspecified atom stereocenters. The van der Waals surface area contributed by atoms with E-state index in [1.807, 2.05) is 0 Å². The first kappa shape index (κ1) is 15.3. The van der Waals surface area contributed by atoms with Crippen LogP contribution in [-0.2, 0) is 16.6 Å². The lowest BCUT2D eigenvalue weighted by atomic mass is 10.3. The molecule has 0 aliphatic heterocycles. The molecular formula is C13H15FN2O4S. The lowest BCUT2D eigenvalue weighted by molar-refractivity contribution is 0.414. The summed E-state index contributed by atoms with van der Waals surface area (Å²) in [6.45, 7) is 1.57. The van der Waals surface area contributed by atoms with Gasteiger partial charge in [0.1, 0.15) is 28.0 Å². The molecule has 8 heteroatoms. The molecule has 1 aromatic carbocycles. The highest BCUT2D eigenvalue weighted by molar-refractivity contribution is 7.92. The number of sulfonamides is 1. The van der Waals surface area contributed by atoms with Gasteiger partial charge in [-0.15, -0.1) is 0 Å². The van der Waals surface area contributed by atoms with Gasteiger partial charge in [-0.1, -0.05) is 0 Å². The molecule has 1 aromatic heterocycles. The number of hydrogen-bond donors (Lipinski definition) is 2. The molecule has 21 heavy (non-hydrogen) atoms. The van der Waals surface area contributed by atoms with Crippen molar-refractivity contribution >= 4 is 15.7 Å². The quantitative estimate of drug-likeness (QED) is 0.880. The molecule has 2 rings (SSSR count). The molecule has 0 fully saturated rings. The number of rotatable bonds is 5. The Balaban J connectivity index is 2.39. The van der Waals surface area contributed by atoms with Gasteiger partial charge in [0, 0.05) is 12.1 Å². The number of furan rings is 1. The molecule has 0 amide bonds. The second-order valence-corrected chi connectivity index (χ2v) is 5.94. The minimum Gasteiger partial charge on any atom is -0.497 e. The number of nitrogens with one attached hydrogen (secondary N) is 1. The first-order valence-electron chi connectivity index (χ1n) is 6.03. The van der Waals surface area contributed by atoms with Crippen LogP contribution in [0.25, 0.3) is 0 Å². The van der Waals surface area contributed by atoms with Crippen molar-refractivity contribution in [1.82, 2.24) is 0 Å². The summed E-state index contributed by atoms with van der Waals surface area (Å²) < 4.78 is 50.6. The van der Waals surface area contributed by atoms with Crippen molar-refractivity contribution in [2.24, 2.45) is 5.73 Å². The molecule has 0 saturated carbocycles. The highest BCUT2D eigenvalue weighted by Gasteiger charge is 2.22. The maximum absolute atomic E-state index is 13.7. The molecule has 0 aliphatic rings. The summed E-state index contributed by atoms with van der Waals surface area (Å²) in [7, 11) is -2.57. The molecule has 0 spiro atoms. The van der Waals surface area contributed by atoms with Crippen molar-refractivity contribution in [1.29, 1.82) is 0 Å². The number of halogens is 1. The third kappa shape index (κ3) is 3.17. The van der Waals surface area contributed by atoms with E-state index in [4.69, 9.17) is 14.9 Å². The van der Waals surface area contributed by atoms with Crippen LogP contribution in [0.5, 0.6) is 5.75 Å². The Hall–Kier alpha value is -2.06. The molecule has 0 saturated heterocycles. The number of hydrogen-bond acceptors (Lipinski definition) is 5. The second-order valence-electron chi connectivity index (χ2n) is 4.29. The molecule has 6 nitrogen and oxygen atoms in total. The van der Waals surface area contributed by atoms with Crippen LogP contribution in [0.2, 0.25) is 0 Å². The molecule has 0 atom stereocenters. The van der Waals surface area contributed by atoms with Crippen molar-refractivity contribution in [3.05, 3.63) is 41.6 Å². The zero-order chi connectivity index (χ0) is 15.6. The van der Waals surface area contributed by atoms with Gasteiger partial charge in [0.25, 0.3) is 10.0 Å². The van der Waals surface area contributed by atoms with Crippen molar-refractivity contribution in [2.45, 2.75) is 18.4 Å². The largest absolute Gasteiger partial charge is 0.497 e. The van der Waals surface area contributed by atoms with Crippen LogP contribution in [0.3, 0.4) is 0 Å². The summed E-state index contributed by atoms with van der Waals surface area (Å²) in [6.07, 6.45) is 0. The van der Waals surface area contributed by atoms with Gasteiger partial charge in [0.05, 0.1) is 19.3 Å². The number of ether oxygens (including phenoxy) is 1. The highest BCUT2D eigenvalue weighted by atomic mass is 32.2. The van der Waals surface area contributed by atoms with Crippen molar-refractivity contribution in [3.63, 3.8) is 0 Å². The molecule has 1 heterocycles. The monoisotopic (exact) mass is 314 g/mol. The van der Waals surface area contributed by atoms with Gasteiger partial charge in [0.2, 0.25) is 0 Å². The van der Waals surface area contributed by atoms with E-state index in [9.17, 15) is 12.8 Å². The van der Waals surface area contributed by atoms with Crippen LogP contribution in [0, 0.1) is 12.7 Å². The van der Waals surface area contributed by atoms with Crippen molar-refractivity contribution in [2.75, 3.05) is 11.8 Å². The molecule has 114 valence electrons. The van der Waals surface area contributed by atoms with E-state index in [0.717, 1.165) is 6.07 Å². The second kappa shape index (κ2) is 5.74. The first-order chi connectivity index (χ1) is 9.87. The van der Waals surface area contributed by atoms with E-state index in [1.54, 1.807) is 0 Å².